The molecular formula is C17H18N2O2. The summed E-state index contributed by atoms with van der Waals surface area (Å²) >= 11 is 0. The van der Waals surface area contributed by atoms with Gasteiger partial charge in [-0.1, -0.05) is 42.5 Å². The van der Waals surface area contributed by atoms with E-state index in [1.54, 1.807) is 13.1 Å². The molecule has 0 spiro atoms. The Balaban J connectivity index is 2.19. The van der Waals surface area contributed by atoms with Gasteiger partial charge in [-0.3, -0.25) is 5.32 Å². The first-order chi connectivity index (χ1) is 10.2. The predicted molar refractivity (Wildman–Crippen MR) is 80.7 cm³/mol. The molecule has 4 nitrogen and oxygen atoms in total. The number of aliphatic hydroxyl groups is 1. The van der Waals surface area contributed by atoms with E-state index in [1.165, 1.54) is 0 Å². The Hall–Kier alpha value is -2.35. The molecule has 0 aliphatic rings. The summed E-state index contributed by atoms with van der Waals surface area (Å²) in [7, 11) is 1.74. The summed E-state index contributed by atoms with van der Waals surface area (Å²) < 4.78 is 5.75. The third kappa shape index (κ3) is 3.40. The Morgan fingerprint density at radius 1 is 1.19 bits per heavy atom. The Bertz CT molecular complexity index is 622. The molecule has 2 aromatic carbocycles. The number of ether oxygens (including phenoxy) is 1. The molecule has 0 fully saturated rings. The van der Waals surface area contributed by atoms with Crippen LogP contribution in [0.2, 0.25) is 0 Å². The van der Waals surface area contributed by atoms with Crippen molar-refractivity contribution in [3.63, 3.8) is 0 Å². The molecule has 1 unspecified atom stereocenters. The number of nitrogens with zero attached hydrogens (tertiary/aromatic N) is 1. The van der Waals surface area contributed by atoms with Gasteiger partial charge >= 0.3 is 0 Å². The lowest BCUT2D eigenvalue weighted by molar-refractivity contribution is 0.229. The van der Waals surface area contributed by atoms with Gasteiger partial charge in [-0.05, 0) is 30.3 Å². The topological polar surface area (TPSA) is 65.3 Å². The van der Waals surface area contributed by atoms with E-state index in [-0.39, 0.29) is 13.2 Å². The van der Waals surface area contributed by atoms with E-state index in [0.29, 0.717) is 5.75 Å². The maximum absolute atomic E-state index is 9.58. The number of aliphatic hydroxyl groups excluding tert-OH is 1. The SMILES string of the molecule is CNC(C#N)(COc1cccc(CO)c1)c1ccccc1. The molecule has 0 bridgehead atoms. The standard InChI is InChI=1S/C17H18N2O2/c1-19-17(12-18,15-7-3-2-4-8-15)13-21-16-9-5-6-14(10-16)11-20/h2-10,19-20H,11,13H2,1H3. The van der Waals surface area contributed by atoms with Crippen LogP contribution in [0.1, 0.15) is 11.1 Å². The van der Waals surface area contributed by atoms with Crippen LogP contribution in [0.3, 0.4) is 0 Å². The number of nitriles is 1. The molecule has 1 atom stereocenters. The van der Waals surface area contributed by atoms with Crippen LogP contribution in [0.4, 0.5) is 0 Å². The number of hydrogen-bond acceptors (Lipinski definition) is 4. The summed E-state index contributed by atoms with van der Waals surface area (Å²) in [5.41, 5.74) is 0.726. The molecule has 2 N–H and O–H groups in total. The fraction of sp³-hybridized carbons (Fsp3) is 0.235. The Kier molecular flexibility index (Phi) is 4.94. The maximum atomic E-state index is 9.58. The molecule has 2 rings (SSSR count). The van der Waals surface area contributed by atoms with Crippen LogP contribution in [0.5, 0.6) is 5.75 Å². The van der Waals surface area contributed by atoms with Crippen molar-refractivity contribution < 1.29 is 9.84 Å². The molecule has 0 saturated carbocycles. The second kappa shape index (κ2) is 6.89. The third-order valence-corrected chi connectivity index (χ3v) is 3.42. The summed E-state index contributed by atoms with van der Waals surface area (Å²) in [5, 5.41) is 21.8. The Labute approximate surface area is 124 Å². The number of nitrogens with one attached hydrogen (secondary N) is 1. The molecule has 108 valence electrons. The highest BCUT2D eigenvalue weighted by atomic mass is 16.5. The quantitative estimate of drug-likeness (QED) is 0.852. The number of hydrogen-bond donors (Lipinski definition) is 2. The zero-order valence-corrected chi connectivity index (χ0v) is 11.9. The van der Waals surface area contributed by atoms with Crippen LogP contribution in [0.15, 0.2) is 54.6 Å². The van der Waals surface area contributed by atoms with Gasteiger partial charge in [0, 0.05) is 0 Å². The van der Waals surface area contributed by atoms with Crippen LogP contribution in [0, 0.1) is 11.3 Å². The van der Waals surface area contributed by atoms with E-state index < -0.39 is 5.54 Å². The zero-order valence-electron chi connectivity index (χ0n) is 11.9. The zero-order chi connectivity index (χ0) is 15.1. The third-order valence-electron chi connectivity index (χ3n) is 3.42. The molecule has 0 aromatic heterocycles. The highest BCUT2D eigenvalue weighted by Gasteiger charge is 2.31. The first-order valence-electron chi connectivity index (χ1n) is 6.72. The second-order valence-corrected chi connectivity index (χ2v) is 4.73. The first kappa shape index (κ1) is 15.0. The van der Waals surface area contributed by atoms with Gasteiger partial charge in [-0.15, -0.1) is 0 Å². The average molecular weight is 282 g/mol. The van der Waals surface area contributed by atoms with Gasteiger partial charge < -0.3 is 9.84 Å². The minimum absolute atomic E-state index is 0.0364. The lowest BCUT2D eigenvalue weighted by Crippen LogP contribution is -2.44. The predicted octanol–water partition coefficient (Wildman–Crippen LogP) is 2.20. The number of likely N-dealkylation sites (N-methyl/N-ethyl adjacent to an activating group) is 1. The van der Waals surface area contributed by atoms with Crippen molar-refractivity contribution in [2.45, 2.75) is 12.1 Å². The first-order valence-corrected chi connectivity index (χ1v) is 6.72. The largest absolute Gasteiger partial charge is 0.490 e. The molecule has 0 aliphatic heterocycles. The molecule has 21 heavy (non-hydrogen) atoms. The van der Waals surface area contributed by atoms with Crippen LogP contribution >= 0.6 is 0 Å². The monoisotopic (exact) mass is 282 g/mol. The van der Waals surface area contributed by atoms with Gasteiger partial charge in [0.05, 0.1) is 12.7 Å². The van der Waals surface area contributed by atoms with Crippen LogP contribution in [0.25, 0.3) is 0 Å². The fourth-order valence-electron chi connectivity index (χ4n) is 2.10. The smallest absolute Gasteiger partial charge is 0.166 e. The molecule has 0 heterocycles. The van der Waals surface area contributed by atoms with Gasteiger partial charge in [-0.2, -0.15) is 5.26 Å². The van der Waals surface area contributed by atoms with Gasteiger partial charge in [0.25, 0.3) is 0 Å². The molecule has 0 aliphatic carbocycles. The summed E-state index contributed by atoms with van der Waals surface area (Å²) in [5.74, 6) is 0.632. The summed E-state index contributed by atoms with van der Waals surface area (Å²) in [6.45, 7) is 0.143. The molecular weight excluding hydrogens is 264 g/mol. The van der Waals surface area contributed by atoms with Crippen molar-refractivity contribution in [2.24, 2.45) is 0 Å². The lowest BCUT2D eigenvalue weighted by atomic mass is 9.92. The Morgan fingerprint density at radius 2 is 1.95 bits per heavy atom. The van der Waals surface area contributed by atoms with E-state index in [9.17, 15) is 5.26 Å². The molecule has 0 radical (unpaired) electrons. The van der Waals surface area contributed by atoms with Crippen LogP contribution in [-0.2, 0) is 12.1 Å². The van der Waals surface area contributed by atoms with E-state index in [0.717, 1.165) is 11.1 Å². The van der Waals surface area contributed by atoms with E-state index in [1.807, 2.05) is 48.5 Å². The summed E-state index contributed by atoms with van der Waals surface area (Å²) in [6, 6.07) is 19.0. The second-order valence-electron chi connectivity index (χ2n) is 4.73. The molecule has 0 amide bonds. The molecule has 4 heteroatoms. The minimum atomic E-state index is -0.906. The highest BCUT2D eigenvalue weighted by molar-refractivity contribution is 5.33. The number of rotatable bonds is 6. The van der Waals surface area contributed by atoms with Gasteiger partial charge in [0.2, 0.25) is 0 Å². The normalized spacial score (nSPS) is 13.2. The van der Waals surface area contributed by atoms with Crippen molar-refractivity contribution in [3.8, 4) is 11.8 Å². The van der Waals surface area contributed by atoms with E-state index in [4.69, 9.17) is 9.84 Å². The number of benzene rings is 2. The van der Waals surface area contributed by atoms with E-state index >= 15 is 0 Å². The Morgan fingerprint density at radius 3 is 2.57 bits per heavy atom. The van der Waals surface area contributed by atoms with E-state index in [2.05, 4.69) is 11.4 Å². The molecule has 2 aromatic rings. The van der Waals surface area contributed by atoms with Crippen molar-refractivity contribution in [2.75, 3.05) is 13.7 Å². The summed E-state index contributed by atoms with van der Waals surface area (Å²) in [4.78, 5) is 0. The van der Waals surface area contributed by atoms with Crippen molar-refractivity contribution >= 4 is 0 Å². The highest BCUT2D eigenvalue weighted by Crippen LogP contribution is 2.22. The van der Waals surface area contributed by atoms with Gasteiger partial charge in [-0.25, -0.2) is 0 Å². The van der Waals surface area contributed by atoms with Crippen LogP contribution in [-0.4, -0.2) is 18.8 Å². The average Bonchev–Trinajstić information content (AvgIpc) is 2.57. The summed E-state index contributed by atoms with van der Waals surface area (Å²) in [6.07, 6.45) is 0. The minimum Gasteiger partial charge on any atom is -0.490 e. The molecule has 0 saturated heterocycles. The van der Waals surface area contributed by atoms with Crippen LogP contribution < -0.4 is 10.1 Å². The lowest BCUT2D eigenvalue weighted by Gasteiger charge is -2.26. The van der Waals surface area contributed by atoms with Crippen molar-refractivity contribution in [1.82, 2.24) is 5.32 Å². The van der Waals surface area contributed by atoms with Gasteiger partial charge in [0.1, 0.15) is 12.4 Å². The maximum Gasteiger partial charge on any atom is 0.166 e. The van der Waals surface area contributed by atoms with Crippen molar-refractivity contribution in [3.05, 3.63) is 65.7 Å². The fourth-order valence-corrected chi connectivity index (χ4v) is 2.10. The van der Waals surface area contributed by atoms with Crippen molar-refractivity contribution in [1.29, 1.82) is 5.26 Å². The van der Waals surface area contributed by atoms with Gasteiger partial charge in [0.15, 0.2) is 5.54 Å².